The molecule has 3 fully saturated rings. The average molecular weight is 291 g/mol. The highest BCUT2D eigenvalue weighted by Gasteiger charge is 2.58. The van der Waals surface area contributed by atoms with Crippen LogP contribution in [-0.2, 0) is 4.74 Å². The van der Waals surface area contributed by atoms with E-state index in [4.69, 9.17) is 4.74 Å². The van der Waals surface area contributed by atoms with E-state index in [2.05, 4.69) is 37.8 Å². The van der Waals surface area contributed by atoms with Crippen molar-refractivity contribution < 1.29 is 9.84 Å². The van der Waals surface area contributed by atoms with Crippen molar-refractivity contribution in [2.24, 2.45) is 17.8 Å². The van der Waals surface area contributed by atoms with Gasteiger partial charge in [-0.15, -0.1) is 0 Å². The average Bonchev–Trinajstić information content (AvgIpc) is 3.04. The second-order valence-electron chi connectivity index (χ2n) is 8.53. The van der Waals surface area contributed by atoms with Crippen molar-refractivity contribution in [2.75, 3.05) is 13.1 Å². The van der Waals surface area contributed by atoms with Crippen molar-refractivity contribution in [1.29, 1.82) is 0 Å². The number of hydrogen-bond acceptors (Lipinski definition) is 3. The minimum atomic E-state index is -0.144. The Bertz CT molecular complexity index is 460. The molecule has 3 heteroatoms. The Kier molecular flexibility index (Phi) is 3.09. The van der Waals surface area contributed by atoms with Crippen LogP contribution in [0.15, 0.2) is 12.2 Å². The van der Waals surface area contributed by atoms with Gasteiger partial charge in [0.15, 0.2) is 0 Å². The van der Waals surface area contributed by atoms with Gasteiger partial charge in [0, 0.05) is 30.5 Å². The van der Waals surface area contributed by atoms with Gasteiger partial charge >= 0.3 is 0 Å². The zero-order valence-electron chi connectivity index (χ0n) is 13.6. The van der Waals surface area contributed by atoms with Crippen LogP contribution in [0.25, 0.3) is 0 Å². The highest BCUT2D eigenvalue weighted by Crippen LogP contribution is 2.51. The number of aliphatic hydroxyl groups is 1. The summed E-state index contributed by atoms with van der Waals surface area (Å²) in [5, 5.41) is 10.6. The van der Waals surface area contributed by atoms with E-state index >= 15 is 0 Å². The quantitative estimate of drug-likeness (QED) is 0.794. The summed E-state index contributed by atoms with van der Waals surface area (Å²) in [4.78, 5) is 2.60. The first kappa shape index (κ1) is 14.2. The summed E-state index contributed by atoms with van der Waals surface area (Å²) in [6.45, 7) is 9.08. The van der Waals surface area contributed by atoms with Crippen molar-refractivity contribution in [2.45, 2.75) is 69.8 Å². The Hall–Kier alpha value is -0.380. The van der Waals surface area contributed by atoms with Gasteiger partial charge in [0.1, 0.15) is 5.60 Å². The largest absolute Gasteiger partial charge is 0.393 e. The molecule has 1 spiro atoms. The molecule has 0 aromatic rings. The third-order valence-electron chi connectivity index (χ3n) is 6.85. The van der Waals surface area contributed by atoms with Crippen LogP contribution in [-0.4, -0.2) is 46.4 Å². The Labute approximate surface area is 128 Å². The lowest BCUT2D eigenvalue weighted by Gasteiger charge is -2.47. The summed E-state index contributed by atoms with van der Waals surface area (Å²) in [5.74, 6) is 1.72. The molecule has 0 amide bonds. The van der Waals surface area contributed by atoms with Gasteiger partial charge in [-0.25, -0.2) is 0 Å². The fraction of sp³-hybridized carbons (Fsp3) is 0.889. The number of hydrogen-bond donors (Lipinski definition) is 1. The van der Waals surface area contributed by atoms with Gasteiger partial charge in [0.25, 0.3) is 0 Å². The second kappa shape index (κ2) is 4.56. The van der Waals surface area contributed by atoms with E-state index in [-0.39, 0.29) is 17.2 Å². The molecule has 1 N–H and O–H groups in total. The van der Waals surface area contributed by atoms with E-state index in [1.807, 2.05) is 0 Å². The lowest BCUT2D eigenvalue weighted by atomic mass is 9.71. The molecule has 1 aliphatic carbocycles. The lowest BCUT2D eigenvalue weighted by molar-refractivity contribution is -0.0506. The molecule has 3 aliphatic heterocycles. The molecule has 2 bridgehead atoms. The van der Waals surface area contributed by atoms with E-state index in [1.54, 1.807) is 0 Å². The van der Waals surface area contributed by atoms with Gasteiger partial charge in [0.05, 0.1) is 12.2 Å². The molecule has 0 unspecified atom stereocenters. The maximum Gasteiger partial charge on any atom is 0.104 e. The van der Waals surface area contributed by atoms with E-state index in [0.717, 1.165) is 25.9 Å². The summed E-state index contributed by atoms with van der Waals surface area (Å²) in [7, 11) is 0. The van der Waals surface area contributed by atoms with Crippen LogP contribution in [0.3, 0.4) is 0 Å². The number of ether oxygens (including phenoxy) is 1. The van der Waals surface area contributed by atoms with Crippen LogP contribution in [0.4, 0.5) is 0 Å². The summed E-state index contributed by atoms with van der Waals surface area (Å²) in [6, 6.07) is 0. The summed E-state index contributed by atoms with van der Waals surface area (Å²) in [6.07, 6.45) is 9.37. The molecule has 4 aliphatic rings. The summed E-state index contributed by atoms with van der Waals surface area (Å²) in [5.41, 5.74) is 0.0583. The van der Waals surface area contributed by atoms with E-state index in [1.165, 1.54) is 12.8 Å². The van der Waals surface area contributed by atoms with Crippen LogP contribution < -0.4 is 0 Å². The smallest absolute Gasteiger partial charge is 0.104 e. The molecule has 3 nitrogen and oxygen atoms in total. The minimum Gasteiger partial charge on any atom is -0.393 e. The highest BCUT2D eigenvalue weighted by molar-refractivity contribution is 5.25. The molecule has 1 saturated carbocycles. The first-order valence-electron chi connectivity index (χ1n) is 8.71. The second-order valence-corrected chi connectivity index (χ2v) is 8.53. The number of likely N-dealkylation sites (tertiary alicyclic amines) is 1. The number of nitrogens with zero attached hydrogens (tertiary/aromatic N) is 1. The normalized spacial score (nSPS) is 49.8. The molecular formula is C18H29NO2. The van der Waals surface area contributed by atoms with Crippen LogP contribution in [0.5, 0.6) is 0 Å². The standard InChI is InChI=1S/C18H29NO2/c1-12-4-5-15(16(20)8-12)17(2,3)19-10-13-9-14-6-7-18(13,11-19)21-14/h6-7,12-16,20H,4-5,8-11H2,1-3H3/t12-,13-,14+,15-,16-,18+/m1/s1. The Morgan fingerprint density at radius 3 is 2.76 bits per heavy atom. The molecule has 118 valence electrons. The molecule has 0 radical (unpaired) electrons. The fourth-order valence-corrected chi connectivity index (χ4v) is 5.39. The molecule has 4 rings (SSSR count). The molecule has 21 heavy (non-hydrogen) atoms. The van der Waals surface area contributed by atoms with Crippen LogP contribution in [0.1, 0.15) is 46.5 Å². The summed E-state index contributed by atoms with van der Waals surface area (Å²) >= 11 is 0. The monoisotopic (exact) mass is 291 g/mol. The Morgan fingerprint density at radius 2 is 2.10 bits per heavy atom. The Morgan fingerprint density at radius 1 is 1.29 bits per heavy atom. The van der Waals surface area contributed by atoms with Gasteiger partial charge in [-0.3, -0.25) is 4.90 Å². The van der Waals surface area contributed by atoms with Gasteiger partial charge in [-0.05, 0) is 39.0 Å². The lowest BCUT2D eigenvalue weighted by Crippen LogP contribution is -2.54. The fourth-order valence-electron chi connectivity index (χ4n) is 5.39. The van der Waals surface area contributed by atoms with Gasteiger partial charge in [0.2, 0.25) is 0 Å². The van der Waals surface area contributed by atoms with Crippen molar-refractivity contribution in [3.63, 3.8) is 0 Å². The number of fused-ring (bicyclic) bond motifs is 1. The molecule has 0 aromatic heterocycles. The van der Waals surface area contributed by atoms with Gasteiger partial charge in [-0.2, -0.15) is 0 Å². The predicted molar refractivity (Wildman–Crippen MR) is 83.0 cm³/mol. The SMILES string of the molecule is C[C@@H]1CC[C@@H](C(C)(C)N2C[C@H]3C[C@@H]4C=C[C@@]3(C2)O4)[C@H](O)C1. The first-order chi connectivity index (χ1) is 9.91. The molecule has 6 atom stereocenters. The first-order valence-corrected chi connectivity index (χ1v) is 8.71. The third kappa shape index (κ3) is 2.04. The predicted octanol–water partition coefficient (Wildman–Crippen LogP) is 2.59. The van der Waals surface area contributed by atoms with Crippen LogP contribution >= 0.6 is 0 Å². The Balaban J connectivity index is 1.52. The van der Waals surface area contributed by atoms with Crippen molar-refractivity contribution in [3.8, 4) is 0 Å². The molecular weight excluding hydrogens is 262 g/mol. The van der Waals surface area contributed by atoms with Crippen molar-refractivity contribution in [3.05, 3.63) is 12.2 Å². The molecule has 3 heterocycles. The number of aliphatic hydroxyl groups excluding tert-OH is 1. The van der Waals surface area contributed by atoms with Crippen LogP contribution in [0.2, 0.25) is 0 Å². The zero-order chi connectivity index (χ0) is 14.8. The maximum atomic E-state index is 10.6. The minimum absolute atomic E-state index is 0.00511. The van der Waals surface area contributed by atoms with E-state index in [0.29, 0.717) is 23.9 Å². The van der Waals surface area contributed by atoms with Crippen molar-refractivity contribution in [1.82, 2.24) is 4.90 Å². The molecule has 0 aromatic carbocycles. The van der Waals surface area contributed by atoms with Crippen LogP contribution in [0, 0.1) is 17.8 Å². The zero-order valence-corrected chi connectivity index (χ0v) is 13.6. The highest BCUT2D eigenvalue weighted by atomic mass is 16.5. The van der Waals surface area contributed by atoms with E-state index in [9.17, 15) is 5.11 Å². The summed E-state index contributed by atoms with van der Waals surface area (Å²) < 4.78 is 6.23. The van der Waals surface area contributed by atoms with E-state index < -0.39 is 0 Å². The number of rotatable bonds is 2. The topological polar surface area (TPSA) is 32.7 Å². The molecule has 2 saturated heterocycles. The van der Waals surface area contributed by atoms with Gasteiger partial charge in [-0.1, -0.05) is 25.5 Å². The maximum absolute atomic E-state index is 10.6. The van der Waals surface area contributed by atoms with Gasteiger partial charge < -0.3 is 9.84 Å². The van der Waals surface area contributed by atoms with Crippen molar-refractivity contribution >= 4 is 0 Å². The third-order valence-corrected chi connectivity index (χ3v) is 6.85.